The molecule has 1 aliphatic rings. The highest BCUT2D eigenvalue weighted by Crippen LogP contribution is 2.24. The summed E-state index contributed by atoms with van der Waals surface area (Å²) in [5.74, 6) is -2.75. The zero-order valence-electron chi connectivity index (χ0n) is 17.8. The van der Waals surface area contributed by atoms with Crippen molar-refractivity contribution in [3.05, 3.63) is 59.9 Å². The van der Waals surface area contributed by atoms with Crippen LogP contribution in [0.1, 0.15) is 16.1 Å². The number of carbonyl (C=O) groups is 2. The Balaban J connectivity index is 1.78. The second kappa shape index (κ2) is 10.5. The van der Waals surface area contributed by atoms with Gasteiger partial charge in [0.15, 0.2) is 15.6 Å². The number of pyridine rings is 1. The van der Waals surface area contributed by atoms with Gasteiger partial charge in [0.05, 0.1) is 36.0 Å². The average Bonchev–Trinajstić information content (AvgIpc) is 2.81. The van der Waals surface area contributed by atoms with Crippen molar-refractivity contribution in [2.75, 3.05) is 35.4 Å². The SMILES string of the molecule is O=C(CNC(=O)C(F)F)c1ccc(CN(c2ccccc2)S(=O)(=O)N2CCS(=O)(=O)CC2)nc1. The topological polar surface area (TPSA) is 134 Å². The second-order valence-electron chi connectivity index (χ2n) is 7.38. The predicted molar refractivity (Wildman–Crippen MR) is 119 cm³/mol. The monoisotopic (exact) mass is 516 g/mol. The molecular formula is C20H22F2N4O6S2. The van der Waals surface area contributed by atoms with Crippen LogP contribution in [0.3, 0.4) is 0 Å². The van der Waals surface area contributed by atoms with Gasteiger partial charge in [-0.25, -0.2) is 8.42 Å². The van der Waals surface area contributed by atoms with Crippen LogP contribution in [0, 0.1) is 0 Å². The zero-order valence-corrected chi connectivity index (χ0v) is 19.4. The fourth-order valence-corrected chi connectivity index (χ4v) is 6.18. The Labute approximate surface area is 195 Å². The number of nitrogens with one attached hydrogen (secondary N) is 1. The number of carbonyl (C=O) groups excluding carboxylic acids is 2. The van der Waals surface area contributed by atoms with Crippen molar-refractivity contribution >= 4 is 37.4 Å². The molecule has 0 bridgehead atoms. The Hall–Kier alpha value is -2.97. The minimum Gasteiger partial charge on any atom is -0.344 e. The van der Waals surface area contributed by atoms with Crippen LogP contribution in [-0.2, 0) is 31.4 Å². The first-order valence-electron chi connectivity index (χ1n) is 10.1. The van der Waals surface area contributed by atoms with E-state index in [9.17, 15) is 35.2 Å². The first kappa shape index (κ1) is 25.6. The van der Waals surface area contributed by atoms with Gasteiger partial charge in [0.25, 0.3) is 5.91 Å². The fraction of sp³-hybridized carbons (Fsp3) is 0.350. The number of hydrogen-bond acceptors (Lipinski definition) is 7. The number of ketones is 1. The number of alkyl halides is 2. The lowest BCUT2D eigenvalue weighted by atomic mass is 10.1. The molecule has 0 spiro atoms. The first-order chi connectivity index (χ1) is 16.0. The Morgan fingerprint density at radius 1 is 1.09 bits per heavy atom. The molecule has 0 aliphatic carbocycles. The normalized spacial score (nSPS) is 16.2. The molecule has 3 rings (SSSR count). The number of rotatable bonds is 9. The van der Waals surface area contributed by atoms with Crippen LogP contribution in [0.15, 0.2) is 48.7 Å². The van der Waals surface area contributed by atoms with E-state index in [0.717, 1.165) is 14.8 Å². The number of sulfone groups is 1. The minimum atomic E-state index is -4.10. The van der Waals surface area contributed by atoms with Gasteiger partial charge in [-0.2, -0.15) is 21.5 Å². The van der Waals surface area contributed by atoms with Crippen LogP contribution in [0.4, 0.5) is 14.5 Å². The predicted octanol–water partition coefficient (Wildman–Crippen LogP) is 0.627. The maximum Gasteiger partial charge on any atom is 0.315 e. The van der Waals surface area contributed by atoms with Gasteiger partial charge in [-0.1, -0.05) is 18.2 Å². The fourth-order valence-electron chi connectivity index (χ4n) is 3.14. The molecule has 14 heteroatoms. The summed E-state index contributed by atoms with van der Waals surface area (Å²) in [5.41, 5.74) is 0.673. The van der Waals surface area contributed by atoms with Crippen molar-refractivity contribution in [3.8, 4) is 0 Å². The average molecular weight is 517 g/mol. The molecular weight excluding hydrogens is 494 g/mol. The summed E-state index contributed by atoms with van der Waals surface area (Å²) in [7, 11) is -7.39. The molecule has 1 amide bonds. The van der Waals surface area contributed by atoms with Crippen LogP contribution in [0.5, 0.6) is 0 Å². The molecule has 1 saturated heterocycles. The van der Waals surface area contributed by atoms with E-state index < -0.39 is 44.7 Å². The number of hydrogen-bond donors (Lipinski definition) is 1. The molecule has 0 atom stereocenters. The smallest absolute Gasteiger partial charge is 0.315 e. The maximum atomic E-state index is 13.4. The number of benzene rings is 1. The molecule has 0 saturated carbocycles. The van der Waals surface area contributed by atoms with E-state index in [4.69, 9.17) is 0 Å². The highest BCUT2D eigenvalue weighted by atomic mass is 32.2. The summed E-state index contributed by atoms with van der Waals surface area (Å²) < 4.78 is 76.8. The van der Waals surface area contributed by atoms with Gasteiger partial charge < -0.3 is 5.32 Å². The van der Waals surface area contributed by atoms with Crippen LogP contribution in [-0.4, -0.2) is 75.4 Å². The zero-order chi connectivity index (χ0) is 24.9. The highest BCUT2D eigenvalue weighted by molar-refractivity contribution is 7.92. The summed E-state index contributed by atoms with van der Waals surface area (Å²) >= 11 is 0. The number of aromatic nitrogens is 1. The van der Waals surface area contributed by atoms with Gasteiger partial charge in [0.2, 0.25) is 0 Å². The van der Waals surface area contributed by atoms with E-state index in [1.807, 2.05) is 5.32 Å². The van der Waals surface area contributed by atoms with Crippen LogP contribution in [0.25, 0.3) is 0 Å². The van der Waals surface area contributed by atoms with Gasteiger partial charge in [0.1, 0.15) is 0 Å². The number of para-hydroxylation sites is 1. The van der Waals surface area contributed by atoms with Crippen LogP contribution < -0.4 is 9.62 Å². The molecule has 1 aromatic carbocycles. The molecule has 0 radical (unpaired) electrons. The van der Waals surface area contributed by atoms with E-state index in [1.54, 1.807) is 30.3 Å². The van der Waals surface area contributed by atoms with Crippen molar-refractivity contribution in [1.29, 1.82) is 0 Å². The Kier molecular flexibility index (Phi) is 7.94. The largest absolute Gasteiger partial charge is 0.344 e. The molecule has 34 heavy (non-hydrogen) atoms. The van der Waals surface area contributed by atoms with Crippen molar-refractivity contribution in [2.24, 2.45) is 0 Å². The third-order valence-corrected chi connectivity index (χ3v) is 8.55. The number of amides is 1. The van der Waals surface area contributed by atoms with Crippen LogP contribution in [0.2, 0.25) is 0 Å². The van der Waals surface area contributed by atoms with E-state index >= 15 is 0 Å². The molecule has 1 N–H and O–H groups in total. The number of anilines is 1. The van der Waals surface area contributed by atoms with Crippen molar-refractivity contribution in [3.63, 3.8) is 0 Å². The van der Waals surface area contributed by atoms with Gasteiger partial charge in [-0.3, -0.25) is 18.9 Å². The summed E-state index contributed by atoms with van der Waals surface area (Å²) in [4.78, 5) is 27.1. The molecule has 2 heterocycles. The second-order valence-corrected chi connectivity index (χ2v) is 11.5. The molecule has 2 aromatic rings. The summed E-state index contributed by atoms with van der Waals surface area (Å²) in [6.45, 7) is -1.17. The molecule has 1 aliphatic heterocycles. The van der Waals surface area contributed by atoms with Crippen molar-refractivity contribution < 1.29 is 35.2 Å². The summed E-state index contributed by atoms with van der Waals surface area (Å²) in [5, 5.41) is 1.81. The quantitative estimate of drug-likeness (QED) is 0.483. The Morgan fingerprint density at radius 2 is 1.74 bits per heavy atom. The van der Waals surface area contributed by atoms with Crippen molar-refractivity contribution in [2.45, 2.75) is 13.0 Å². The lowest BCUT2D eigenvalue weighted by Gasteiger charge is -2.33. The van der Waals surface area contributed by atoms with Gasteiger partial charge >= 0.3 is 16.6 Å². The minimum absolute atomic E-state index is 0.0497. The number of halogens is 2. The Bertz CT molecular complexity index is 1230. The lowest BCUT2D eigenvalue weighted by molar-refractivity contribution is -0.131. The first-order valence-corrected chi connectivity index (χ1v) is 13.3. The molecule has 1 fully saturated rings. The van der Waals surface area contributed by atoms with Crippen molar-refractivity contribution in [1.82, 2.24) is 14.6 Å². The third kappa shape index (κ3) is 6.33. The van der Waals surface area contributed by atoms with Crippen LogP contribution >= 0.6 is 0 Å². The van der Waals surface area contributed by atoms with Gasteiger partial charge in [-0.15, -0.1) is 0 Å². The third-order valence-electron chi connectivity index (χ3n) is 5.03. The summed E-state index contributed by atoms with van der Waals surface area (Å²) in [6.07, 6.45) is -2.07. The van der Waals surface area contributed by atoms with E-state index in [-0.39, 0.29) is 42.4 Å². The van der Waals surface area contributed by atoms with E-state index in [2.05, 4.69) is 4.98 Å². The molecule has 0 unspecified atom stereocenters. The lowest BCUT2D eigenvalue weighted by Crippen LogP contribution is -2.50. The standard InChI is InChI=1S/C20H22F2N4O6S2/c21-19(22)20(28)24-13-18(27)15-6-7-16(23-12-15)14-26(17-4-2-1-3-5-17)34(31,32)25-8-10-33(29,30)11-9-25/h1-7,12,19H,8-11,13-14H2,(H,24,28). The van der Waals surface area contributed by atoms with Gasteiger partial charge in [-0.05, 0) is 24.3 Å². The number of Topliss-reactive ketones (excluding diaryl/α,β-unsaturated/α-hetero) is 1. The summed E-state index contributed by atoms with van der Waals surface area (Å²) in [6, 6.07) is 11.0. The molecule has 184 valence electrons. The van der Waals surface area contributed by atoms with E-state index in [0.29, 0.717) is 5.69 Å². The highest BCUT2D eigenvalue weighted by Gasteiger charge is 2.35. The molecule has 1 aromatic heterocycles. The molecule has 10 nitrogen and oxygen atoms in total. The number of nitrogens with zero attached hydrogens (tertiary/aromatic N) is 3. The Morgan fingerprint density at radius 3 is 2.29 bits per heavy atom. The van der Waals surface area contributed by atoms with E-state index in [1.165, 1.54) is 12.1 Å². The maximum absolute atomic E-state index is 13.4. The van der Waals surface area contributed by atoms with Gasteiger partial charge in [0, 0.05) is 24.8 Å².